The summed E-state index contributed by atoms with van der Waals surface area (Å²) in [5.74, 6) is 0.997. The van der Waals surface area contributed by atoms with Gasteiger partial charge in [-0.25, -0.2) is 0 Å². The Balaban J connectivity index is 2.10. The van der Waals surface area contributed by atoms with E-state index in [1.54, 1.807) is 0 Å². The minimum Gasteiger partial charge on any atom is -0.396 e. The van der Waals surface area contributed by atoms with Gasteiger partial charge in [-0.3, -0.25) is 0 Å². The van der Waals surface area contributed by atoms with Crippen molar-refractivity contribution in [1.82, 2.24) is 0 Å². The molecule has 1 N–H and O–H groups in total. The number of hydrogen-bond donors (Lipinski definition) is 1. The van der Waals surface area contributed by atoms with E-state index in [1.807, 2.05) is 0 Å². The quantitative estimate of drug-likeness (QED) is 0.815. The summed E-state index contributed by atoms with van der Waals surface area (Å²) in [6.07, 6.45) is 7.48. The SMILES string of the molecule is CC(C)c1ccc([C@H]2OCCC[C@@H]2/C=C/CCO)cc1. The van der Waals surface area contributed by atoms with Gasteiger partial charge in [-0.1, -0.05) is 50.3 Å². The number of ether oxygens (including phenoxy) is 1. The molecule has 1 aliphatic heterocycles. The maximum absolute atomic E-state index is 8.88. The van der Waals surface area contributed by atoms with Crippen LogP contribution in [0.3, 0.4) is 0 Å². The van der Waals surface area contributed by atoms with Crippen LogP contribution in [-0.2, 0) is 4.74 Å². The van der Waals surface area contributed by atoms with Crippen LogP contribution in [0.15, 0.2) is 36.4 Å². The zero-order valence-corrected chi connectivity index (χ0v) is 12.6. The summed E-state index contributed by atoms with van der Waals surface area (Å²) in [5.41, 5.74) is 2.64. The molecule has 110 valence electrons. The van der Waals surface area contributed by atoms with Gasteiger partial charge in [-0.15, -0.1) is 0 Å². The fourth-order valence-corrected chi connectivity index (χ4v) is 2.76. The summed E-state index contributed by atoms with van der Waals surface area (Å²) in [5, 5.41) is 8.88. The lowest BCUT2D eigenvalue weighted by molar-refractivity contribution is -0.0126. The van der Waals surface area contributed by atoms with Crippen molar-refractivity contribution >= 4 is 0 Å². The van der Waals surface area contributed by atoms with Crippen molar-refractivity contribution < 1.29 is 9.84 Å². The van der Waals surface area contributed by atoms with Crippen molar-refractivity contribution in [3.8, 4) is 0 Å². The van der Waals surface area contributed by atoms with Crippen molar-refractivity contribution in [2.24, 2.45) is 5.92 Å². The molecule has 0 unspecified atom stereocenters. The molecule has 0 aromatic heterocycles. The molecule has 20 heavy (non-hydrogen) atoms. The minimum absolute atomic E-state index is 0.167. The molecule has 0 saturated carbocycles. The van der Waals surface area contributed by atoms with Gasteiger partial charge in [0.15, 0.2) is 0 Å². The molecule has 0 spiro atoms. The molecule has 2 rings (SSSR count). The number of hydrogen-bond acceptors (Lipinski definition) is 2. The van der Waals surface area contributed by atoms with Crippen molar-refractivity contribution in [3.05, 3.63) is 47.5 Å². The van der Waals surface area contributed by atoms with Crippen LogP contribution in [0.25, 0.3) is 0 Å². The van der Waals surface area contributed by atoms with Gasteiger partial charge >= 0.3 is 0 Å². The second-order valence-corrected chi connectivity index (χ2v) is 5.86. The third-order valence-electron chi connectivity index (χ3n) is 3.98. The average Bonchev–Trinajstić information content (AvgIpc) is 2.48. The van der Waals surface area contributed by atoms with E-state index < -0.39 is 0 Å². The maximum Gasteiger partial charge on any atom is 0.0887 e. The molecule has 1 aromatic rings. The first-order valence-electron chi connectivity index (χ1n) is 7.71. The standard InChI is InChI=1S/C18H26O2/c1-14(2)15-8-10-17(11-9-15)18-16(6-3-4-12-19)7-5-13-20-18/h3,6,8-11,14,16,18-19H,4-5,7,12-13H2,1-2H3/b6-3+/t16-,18-/m0/s1. The molecule has 2 heteroatoms. The van der Waals surface area contributed by atoms with Gasteiger partial charge in [0.25, 0.3) is 0 Å². The number of aliphatic hydroxyl groups excluding tert-OH is 1. The molecular formula is C18H26O2. The van der Waals surface area contributed by atoms with Crippen LogP contribution in [0.1, 0.15) is 56.3 Å². The Morgan fingerprint density at radius 1 is 1.30 bits per heavy atom. The smallest absolute Gasteiger partial charge is 0.0887 e. The van der Waals surface area contributed by atoms with Crippen molar-refractivity contribution in [2.45, 2.75) is 45.1 Å². The van der Waals surface area contributed by atoms with E-state index in [2.05, 4.69) is 50.3 Å². The van der Waals surface area contributed by atoms with Crippen LogP contribution in [0, 0.1) is 5.92 Å². The fraction of sp³-hybridized carbons (Fsp3) is 0.556. The van der Waals surface area contributed by atoms with E-state index in [0.29, 0.717) is 11.8 Å². The summed E-state index contributed by atoms with van der Waals surface area (Å²) in [4.78, 5) is 0. The van der Waals surface area contributed by atoms with E-state index in [1.165, 1.54) is 17.5 Å². The van der Waals surface area contributed by atoms with E-state index >= 15 is 0 Å². The molecule has 0 amide bonds. The van der Waals surface area contributed by atoms with Gasteiger partial charge in [0.2, 0.25) is 0 Å². The predicted molar refractivity (Wildman–Crippen MR) is 82.8 cm³/mol. The van der Waals surface area contributed by atoms with Gasteiger partial charge < -0.3 is 9.84 Å². The average molecular weight is 274 g/mol. The summed E-state index contributed by atoms with van der Waals surface area (Å²) < 4.78 is 5.99. The highest BCUT2D eigenvalue weighted by Crippen LogP contribution is 2.35. The molecule has 0 radical (unpaired) electrons. The second kappa shape index (κ2) is 7.61. The Hall–Kier alpha value is -1.12. The highest BCUT2D eigenvalue weighted by Gasteiger charge is 2.25. The fourth-order valence-electron chi connectivity index (χ4n) is 2.76. The summed E-state index contributed by atoms with van der Waals surface area (Å²) in [6.45, 7) is 5.50. The molecule has 1 heterocycles. The summed E-state index contributed by atoms with van der Waals surface area (Å²) >= 11 is 0. The van der Waals surface area contributed by atoms with Crippen molar-refractivity contribution in [3.63, 3.8) is 0 Å². The molecule has 1 saturated heterocycles. The number of benzene rings is 1. The lowest BCUT2D eigenvalue weighted by atomic mass is 9.88. The minimum atomic E-state index is 0.167. The van der Waals surface area contributed by atoms with Crippen molar-refractivity contribution in [1.29, 1.82) is 0 Å². The van der Waals surface area contributed by atoms with Gasteiger partial charge in [0, 0.05) is 19.1 Å². The first-order valence-corrected chi connectivity index (χ1v) is 7.71. The van der Waals surface area contributed by atoms with E-state index in [4.69, 9.17) is 9.84 Å². The molecule has 1 fully saturated rings. The van der Waals surface area contributed by atoms with Gasteiger partial charge in [-0.05, 0) is 36.3 Å². The first kappa shape index (κ1) is 15.3. The molecular weight excluding hydrogens is 248 g/mol. The predicted octanol–water partition coefficient (Wildman–Crippen LogP) is 4.22. The molecule has 2 nitrogen and oxygen atoms in total. The zero-order valence-electron chi connectivity index (χ0n) is 12.6. The topological polar surface area (TPSA) is 29.5 Å². The normalized spacial score (nSPS) is 23.6. The lowest BCUT2D eigenvalue weighted by Gasteiger charge is -2.30. The van der Waals surface area contributed by atoms with E-state index in [0.717, 1.165) is 19.4 Å². The van der Waals surface area contributed by atoms with E-state index in [9.17, 15) is 0 Å². The van der Waals surface area contributed by atoms with Crippen LogP contribution in [0.5, 0.6) is 0 Å². The Labute approximate surface area is 122 Å². The van der Waals surface area contributed by atoms with Crippen LogP contribution < -0.4 is 0 Å². The highest BCUT2D eigenvalue weighted by molar-refractivity contribution is 5.27. The highest BCUT2D eigenvalue weighted by atomic mass is 16.5. The summed E-state index contributed by atoms with van der Waals surface area (Å²) in [7, 11) is 0. The Morgan fingerprint density at radius 3 is 2.70 bits per heavy atom. The largest absolute Gasteiger partial charge is 0.396 e. The Kier molecular flexibility index (Phi) is 5.81. The maximum atomic E-state index is 8.88. The summed E-state index contributed by atoms with van der Waals surface area (Å²) in [6, 6.07) is 8.84. The molecule has 1 aromatic carbocycles. The first-order chi connectivity index (χ1) is 9.72. The van der Waals surface area contributed by atoms with E-state index in [-0.39, 0.29) is 12.7 Å². The van der Waals surface area contributed by atoms with Crippen molar-refractivity contribution in [2.75, 3.05) is 13.2 Å². The molecule has 1 aliphatic rings. The van der Waals surface area contributed by atoms with Crippen LogP contribution in [0.2, 0.25) is 0 Å². The monoisotopic (exact) mass is 274 g/mol. The Bertz CT molecular complexity index is 420. The molecule has 0 bridgehead atoms. The van der Waals surface area contributed by atoms with Crippen LogP contribution >= 0.6 is 0 Å². The Morgan fingerprint density at radius 2 is 2.05 bits per heavy atom. The third-order valence-corrected chi connectivity index (χ3v) is 3.98. The molecule has 0 aliphatic carbocycles. The molecule has 2 atom stereocenters. The zero-order chi connectivity index (χ0) is 14.4. The van der Waals surface area contributed by atoms with Gasteiger partial charge in [-0.2, -0.15) is 0 Å². The van der Waals surface area contributed by atoms with Gasteiger partial charge in [0.1, 0.15) is 0 Å². The number of rotatable bonds is 5. The lowest BCUT2D eigenvalue weighted by Crippen LogP contribution is -2.21. The number of aliphatic hydroxyl groups is 1. The third kappa shape index (κ3) is 3.94. The van der Waals surface area contributed by atoms with Crippen LogP contribution in [-0.4, -0.2) is 18.3 Å². The second-order valence-electron chi connectivity index (χ2n) is 5.86. The van der Waals surface area contributed by atoms with Gasteiger partial charge in [0.05, 0.1) is 6.10 Å². The van der Waals surface area contributed by atoms with Crippen LogP contribution in [0.4, 0.5) is 0 Å².